The molecule has 0 spiro atoms. The zero-order chi connectivity index (χ0) is 16.1. The molecule has 1 heterocycles. The number of benzene rings is 1. The number of aromatic nitrogens is 2. The summed E-state index contributed by atoms with van der Waals surface area (Å²) in [5.41, 5.74) is 3.51. The van der Waals surface area contributed by atoms with Crippen LogP contribution in [0.15, 0.2) is 34.8 Å². The number of methoxy groups -OCH3 is 1. The Kier molecular flexibility index (Phi) is 5.90. The first-order chi connectivity index (χ1) is 11.3. The van der Waals surface area contributed by atoms with Crippen LogP contribution in [-0.2, 0) is 17.7 Å². The molecule has 3 nitrogen and oxygen atoms in total. The van der Waals surface area contributed by atoms with Crippen molar-refractivity contribution in [1.29, 1.82) is 0 Å². The molecule has 4 heteroatoms. The summed E-state index contributed by atoms with van der Waals surface area (Å²) >= 11 is 3.79. The van der Waals surface area contributed by atoms with Crippen LogP contribution in [0.3, 0.4) is 0 Å². The van der Waals surface area contributed by atoms with Gasteiger partial charge in [-0.2, -0.15) is 5.10 Å². The van der Waals surface area contributed by atoms with Crippen molar-refractivity contribution in [2.24, 2.45) is 5.92 Å². The van der Waals surface area contributed by atoms with Gasteiger partial charge in [-0.1, -0.05) is 30.3 Å². The first-order valence-electron chi connectivity index (χ1n) is 8.40. The van der Waals surface area contributed by atoms with Crippen LogP contribution in [0, 0.1) is 12.3 Å². The van der Waals surface area contributed by atoms with Crippen LogP contribution in [0.2, 0.25) is 0 Å². The Labute approximate surface area is 147 Å². The zero-order valence-electron chi connectivity index (χ0n) is 13.7. The monoisotopic (exact) mass is 375 g/mol. The van der Waals surface area contributed by atoms with E-state index in [1.807, 2.05) is 0 Å². The third kappa shape index (κ3) is 4.04. The minimum atomic E-state index is 0.697. The fourth-order valence-corrected chi connectivity index (χ4v) is 3.99. The van der Waals surface area contributed by atoms with Crippen LogP contribution in [0.5, 0.6) is 0 Å². The van der Waals surface area contributed by atoms with E-state index in [-0.39, 0.29) is 0 Å². The number of halogens is 1. The average Bonchev–Trinajstić information content (AvgIpc) is 2.90. The van der Waals surface area contributed by atoms with Crippen LogP contribution in [0.4, 0.5) is 0 Å². The van der Waals surface area contributed by atoms with Crippen LogP contribution < -0.4 is 0 Å². The summed E-state index contributed by atoms with van der Waals surface area (Å²) in [6.07, 6.45) is 8.28. The predicted molar refractivity (Wildman–Crippen MR) is 97.2 cm³/mol. The molecule has 1 aromatic carbocycles. The molecule has 1 aliphatic carbocycles. The summed E-state index contributed by atoms with van der Waals surface area (Å²) in [4.78, 5) is 0. The molecule has 1 radical (unpaired) electrons. The van der Waals surface area contributed by atoms with Gasteiger partial charge < -0.3 is 4.74 Å². The van der Waals surface area contributed by atoms with Gasteiger partial charge in [0.2, 0.25) is 0 Å². The Bertz CT molecular complexity index is 618. The molecular weight excluding hydrogens is 352 g/mol. The Morgan fingerprint density at radius 2 is 1.96 bits per heavy atom. The van der Waals surface area contributed by atoms with Crippen molar-refractivity contribution in [3.63, 3.8) is 0 Å². The SMILES string of the molecule is COCCc1nn(CC2CC[CH]CC2)c(-c2ccccc2)c1Br. The van der Waals surface area contributed by atoms with E-state index in [4.69, 9.17) is 9.84 Å². The highest BCUT2D eigenvalue weighted by Crippen LogP contribution is 2.33. The number of nitrogens with zero attached hydrogens (tertiary/aromatic N) is 2. The van der Waals surface area contributed by atoms with E-state index >= 15 is 0 Å². The quantitative estimate of drug-likeness (QED) is 0.717. The maximum Gasteiger partial charge on any atom is 0.0827 e. The zero-order valence-corrected chi connectivity index (χ0v) is 15.3. The molecule has 123 valence electrons. The van der Waals surface area contributed by atoms with Crippen LogP contribution in [0.1, 0.15) is 31.4 Å². The van der Waals surface area contributed by atoms with E-state index in [0.29, 0.717) is 6.61 Å². The molecule has 1 fully saturated rings. The molecule has 23 heavy (non-hydrogen) atoms. The molecule has 0 saturated heterocycles. The van der Waals surface area contributed by atoms with Gasteiger partial charge in [0, 0.05) is 25.6 Å². The lowest BCUT2D eigenvalue weighted by Gasteiger charge is -2.22. The average molecular weight is 376 g/mol. The second-order valence-corrected chi connectivity index (χ2v) is 7.00. The van der Waals surface area contributed by atoms with Crippen molar-refractivity contribution in [1.82, 2.24) is 9.78 Å². The fourth-order valence-electron chi connectivity index (χ4n) is 3.27. The molecule has 0 bridgehead atoms. The lowest BCUT2D eigenvalue weighted by molar-refractivity contribution is 0.201. The third-order valence-electron chi connectivity index (χ3n) is 4.54. The Morgan fingerprint density at radius 1 is 1.22 bits per heavy atom. The Balaban J connectivity index is 1.91. The highest BCUT2D eigenvalue weighted by molar-refractivity contribution is 9.10. The van der Waals surface area contributed by atoms with Crippen LogP contribution >= 0.6 is 15.9 Å². The van der Waals surface area contributed by atoms with Gasteiger partial charge in [-0.15, -0.1) is 0 Å². The highest BCUT2D eigenvalue weighted by atomic mass is 79.9. The van der Waals surface area contributed by atoms with E-state index in [1.54, 1.807) is 7.11 Å². The lowest BCUT2D eigenvalue weighted by atomic mass is 9.89. The van der Waals surface area contributed by atoms with Crippen LogP contribution in [0.25, 0.3) is 11.3 Å². The molecule has 1 aromatic heterocycles. The lowest BCUT2D eigenvalue weighted by Crippen LogP contribution is -2.16. The predicted octanol–water partition coefficient (Wildman–Crippen LogP) is 4.90. The highest BCUT2D eigenvalue weighted by Gasteiger charge is 2.21. The summed E-state index contributed by atoms with van der Waals surface area (Å²) < 4.78 is 8.55. The first kappa shape index (κ1) is 16.7. The van der Waals surface area contributed by atoms with Gasteiger partial charge in [0.25, 0.3) is 0 Å². The maximum absolute atomic E-state index is 5.23. The number of rotatable bonds is 6. The third-order valence-corrected chi connectivity index (χ3v) is 5.37. The largest absolute Gasteiger partial charge is 0.384 e. The number of hydrogen-bond donors (Lipinski definition) is 0. The van der Waals surface area contributed by atoms with Gasteiger partial charge in [-0.3, -0.25) is 4.68 Å². The van der Waals surface area contributed by atoms with E-state index in [0.717, 1.165) is 29.1 Å². The molecule has 2 aromatic rings. The summed E-state index contributed by atoms with van der Waals surface area (Å²) in [7, 11) is 1.74. The van der Waals surface area contributed by atoms with Crippen molar-refractivity contribution >= 4 is 15.9 Å². The number of ether oxygens (including phenoxy) is 1. The molecule has 0 aliphatic heterocycles. The first-order valence-corrected chi connectivity index (χ1v) is 9.20. The van der Waals surface area contributed by atoms with Gasteiger partial charge >= 0.3 is 0 Å². The summed E-state index contributed by atoms with van der Waals surface area (Å²) in [5.74, 6) is 0.726. The molecule has 0 amide bonds. The van der Waals surface area contributed by atoms with E-state index in [9.17, 15) is 0 Å². The van der Waals surface area contributed by atoms with Crippen molar-refractivity contribution in [2.75, 3.05) is 13.7 Å². The minimum Gasteiger partial charge on any atom is -0.384 e. The molecule has 0 N–H and O–H groups in total. The molecule has 1 saturated carbocycles. The fraction of sp³-hybridized carbons (Fsp3) is 0.474. The molecular formula is C19H24BrN2O. The van der Waals surface area contributed by atoms with Crippen molar-refractivity contribution in [3.8, 4) is 11.3 Å². The Hall–Kier alpha value is -1.13. The van der Waals surface area contributed by atoms with Gasteiger partial charge in [0.15, 0.2) is 0 Å². The van der Waals surface area contributed by atoms with Gasteiger partial charge in [0.1, 0.15) is 0 Å². The van der Waals surface area contributed by atoms with Gasteiger partial charge in [0.05, 0.1) is 22.5 Å². The molecule has 0 unspecified atom stereocenters. The second-order valence-electron chi connectivity index (χ2n) is 6.21. The van der Waals surface area contributed by atoms with Gasteiger partial charge in [-0.05, 0) is 54.0 Å². The molecule has 0 atom stereocenters. The smallest absolute Gasteiger partial charge is 0.0827 e. The second kappa shape index (κ2) is 8.11. The summed E-state index contributed by atoms with van der Waals surface area (Å²) in [5, 5.41) is 4.90. The minimum absolute atomic E-state index is 0.697. The normalized spacial score (nSPS) is 15.9. The summed E-state index contributed by atoms with van der Waals surface area (Å²) in [6, 6.07) is 10.5. The van der Waals surface area contributed by atoms with E-state index < -0.39 is 0 Å². The summed E-state index contributed by atoms with van der Waals surface area (Å²) in [6.45, 7) is 1.70. The standard InChI is InChI=1S/C19H24BrN2O/c1-23-13-12-17-18(20)19(16-10-6-3-7-11-16)22(21-17)14-15-8-4-2-5-9-15/h2-3,6-7,10-11,15H,4-5,8-9,12-14H2,1H3. The molecule has 3 rings (SSSR count). The number of hydrogen-bond acceptors (Lipinski definition) is 2. The van der Waals surface area contributed by atoms with Crippen LogP contribution in [-0.4, -0.2) is 23.5 Å². The topological polar surface area (TPSA) is 27.1 Å². The molecule has 1 aliphatic rings. The van der Waals surface area contributed by atoms with Gasteiger partial charge in [-0.25, -0.2) is 0 Å². The van der Waals surface area contributed by atoms with Crippen molar-refractivity contribution < 1.29 is 4.74 Å². The van der Waals surface area contributed by atoms with E-state index in [2.05, 4.69) is 57.4 Å². The van der Waals surface area contributed by atoms with E-state index in [1.165, 1.54) is 36.9 Å². The van der Waals surface area contributed by atoms with Crippen molar-refractivity contribution in [2.45, 2.75) is 38.6 Å². The van der Waals surface area contributed by atoms with Crippen molar-refractivity contribution in [3.05, 3.63) is 46.9 Å². The Morgan fingerprint density at radius 3 is 2.65 bits per heavy atom. The maximum atomic E-state index is 5.23.